The lowest BCUT2D eigenvalue weighted by Gasteiger charge is -2.36. The van der Waals surface area contributed by atoms with Crippen molar-refractivity contribution in [2.75, 3.05) is 6.54 Å². The normalized spacial score (nSPS) is 13.7. The van der Waals surface area contributed by atoms with Crippen molar-refractivity contribution in [1.29, 1.82) is 0 Å². The molecule has 0 saturated heterocycles. The molecule has 7 heteroatoms. The highest BCUT2D eigenvalue weighted by atomic mass is 16.6. The van der Waals surface area contributed by atoms with Gasteiger partial charge in [0, 0.05) is 12.1 Å². The first kappa shape index (κ1) is 27.5. The van der Waals surface area contributed by atoms with E-state index in [4.69, 9.17) is 4.74 Å². The zero-order chi connectivity index (χ0) is 24.7. The van der Waals surface area contributed by atoms with Crippen molar-refractivity contribution < 1.29 is 19.1 Å². The molecule has 0 fully saturated rings. The van der Waals surface area contributed by atoms with Gasteiger partial charge in [-0.25, -0.2) is 4.79 Å². The van der Waals surface area contributed by atoms with Gasteiger partial charge in [0.2, 0.25) is 11.8 Å². The topological polar surface area (TPSA) is 87.7 Å². The van der Waals surface area contributed by atoms with Crippen LogP contribution in [0.2, 0.25) is 0 Å². The van der Waals surface area contributed by atoms with Crippen LogP contribution in [0.25, 0.3) is 0 Å². The van der Waals surface area contributed by atoms with Crippen molar-refractivity contribution in [3.05, 3.63) is 35.4 Å². The second kappa shape index (κ2) is 11.3. The first-order chi connectivity index (χ1) is 14.7. The number of carbonyl (C=O) groups excluding carboxylic acids is 3. The molecule has 0 aliphatic heterocycles. The third-order valence-electron chi connectivity index (χ3n) is 4.68. The lowest BCUT2D eigenvalue weighted by Crippen LogP contribution is -2.54. The van der Waals surface area contributed by atoms with Gasteiger partial charge in [-0.3, -0.25) is 9.59 Å². The predicted molar refractivity (Wildman–Crippen MR) is 127 cm³/mol. The van der Waals surface area contributed by atoms with E-state index in [-0.39, 0.29) is 11.8 Å². The van der Waals surface area contributed by atoms with Crippen LogP contribution >= 0.6 is 0 Å². The molecule has 2 N–H and O–H groups in total. The first-order valence-electron chi connectivity index (χ1n) is 11.3. The number of aryl methyl sites for hydroxylation is 1. The fraction of sp³-hybridized carbons (Fsp3) is 0.640. The molecule has 0 aliphatic carbocycles. The quantitative estimate of drug-likeness (QED) is 0.614. The van der Waals surface area contributed by atoms with Gasteiger partial charge in [-0.1, -0.05) is 37.6 Å². The number of nitrogens with zero attached hydrogens (tertiary/aromatic N) is 1. The lowest BCUT2D eigenvalue weighted by atomic mass is 9.96. The number of rotatable bonds is 8. The highest BCUT2D eigenvalue weighted by Gasteiger charge is 2.36. The molecule has 32 heavy (non-hydrogen) atoms. The van der Waals surface area contributed by atoms with Gasteiger partial charge < -0.3 is 20.3 Å². The van der Waals surface area contributed by atoms with Crippen LogP contribution in [0.5, 0.6) is 0 Å². The number of amides is 3. The second-order valence-electron chi connectivity index (χ2n) is 10.3. The Morgan fingerprint density at radius 1 is 1.06 bits per heavy atom. The van der Waals surface area contributed by atoms with E-state index in [9.17, 15) is 14.4 Å². The maximum Gasteiger partial charge on any atom is 0.408 e. The second-order valence-corrected chi connectivity index (χ2v) is 10.3. The summed E-state index contributed by atoms with van der Waals surface area (Å²) >= 11 is 0. The Labute approximate surface area is 193 Å². The third-order valence-corrected chi connectivity index (χ3v) is 4.68. The van der Waals surface area contributed by atoms with E-state index in [1.807, 2.05) is 58.9 Å². The molecule has 0 aromatic heterocycles. The Kier molecular flexibility index (Phi) is 9.73. The van der Waals surface area contributed by atoms with E-state index in [1.165, 1.54) is 0 Å². The molecular formula is C25H41N3O4. The van der Waals surface area contributed by atoms with Crippen LogP contribution in [0.3, 0.4) is 0 Å². The zero-order valence-corrected chi connectivity index (χ0v) is 21.2. The summed E-state index contributed by atoms with van der Waals surface area (Å²) in [6.45, 7) is 17.0. The van der Waals surface area contributed by atoms with E-state index >= 15 is 0 Å². The minimum atomic E-state index is -0.851. The van der Waals surface area contributed by atoms with E-state index in [2.05, 4.69) is 10.6 Å². The summed E-state index contributed by atoms with van der Waals surface area (Å²) in [6.07, 6.45) is 0.926. The molecular weight excluding hydrogens is 406 g/mol. The van der Waals surface area contributed by atoms with Crippen LogP contribution in [0, 0.1) is 6.92 Å². The van der Waals surface area contributed by atoms with Crippen molar-refractivity contribution >= 4 is 17.9 Å². The van der Waals surface area contributed by atoms with Crippen molar-refractivity contribution in [3.8, 4) is 0 Å². The number of alkyl carbamates (subject to hydrolysis) is 1. The van der Waals surface area contributed by atoms with Crippen LogP contribution < -0.4 is 10.6 Å². The summed E-state index contributed by atoms with van der Waals surface area (Å²) in [7, 11) is 0. The van der Waals surface area contributed by atoms with Gasteiger partial charge in [0.05, 0.1) is 0 Å². The van der Waals surface area contributed by atoms with E-state index in [1.54, 1.807) is 32.6 Å². The summed E-state index contributed by atoms with van der Waals surface area (Å²) in [5.41, 5.74) is 0.551. The Morgan fingerprint density at radius 3 is 2.16 bits per heavy atom. The molecule has 2 atom stereocenters. The minimum Gasteiger partial charge on any atom is -0.444 e. The number of benzene rings is 1. The molecule has 0 spiro atoms. The standard InChI is InChI=1S/C25H41N3O4/c1-10-11-16-28(22(30)18(3)26-23(31)32-25(7,8)9)20(21(29)27-24(4,5)6)19-15-13-12-14-17(19)2/h12-15,18,20H,10-11,16H2,1-9H3,(H,26,31)(H,27,29). The van der Waals surface area contributed by atoms with Gasteiger partial charge in [-0.05, 0) is 72.9 Å². The Morgan fingerprint density at radius 2 is 1.66 bits per heavy atom. The van der Waals surface area contributed by atoms with Gasteiger partial charge in [-0.15, -0.1) is 0 Å². The fourth-order valence-electron chi connectivity index (χ4n) is 3.27. The summed E-state index contributed by atoms with van der Waals surface area (Å²) in [6, 6.07) is 5.92. The zero-order valence-electron chi connectivity index (χ0n) is 21.2. The molecule has 1 aromatic rings. The van der Waals surface area contributed by atoms with Crippen molar-refractivity contribution in [1.82, 2.24) is 15.5 Å². The van der Waals surface area contributed by atoms with Crippen LogP contribution in [-0.2, 0) is 14.3 Å². The molecule has 3 amide bonds. The number of hydrogen-bond acceptors (Lipinski definition) is 4. The van der Waals surface area contributed by atoms with Crippen molar-refractivity contribution in [2.24, 2.45) is 0 Å². The minimum absolute atomic E-state index is 0.249. The van der Waals surface area contributed by atoms with Crippen LogP contribution in [0.4, 0.5) is 4.79 Å². The van der Waals surface area contributed by atoms with Crippen LogP contribution in [0.15, 0.2) is 24.3 Å². The number of carbonyl (C=O) groups is 3. The molecule has 180 valence electrons. The van der Waals surface area contributed by atoms with Crippen LogP contribution in [-0.4, -0.2) is 46.5 Å². The first-order valence-corrected chi connectivity index (χ1v) is 11.3. The van der Waals surface area contributed by atoms with Gasteiger partial charge >= 0.3 is 6.09 Å². The molecule has 1 rings (SSSR count). The van der Waals surface area contributed by atoms with E-state index in [0.29, 0.717) is 6.54 Å². The molecule has 7 nitrogen and oxygen atoms in total. The van der Waals surface area contributed by atoms with E-state index < -0.39 is 29.3 Å². The average molecular weight is 448 g/mol. The maximum atomic E-state index is 13.5. The average Bonchev–Trinajstić information content (AvgIpc) is 2.62. The summed E-state index contributed by atoms with van der Waals surface area (Å²) in [5, 5.41) is 5.64. The highest BCUT2D eigenvalue weighted by molar-refractivity contribution is 5.92. The van der Waals surface area contributed by atoms with Crippen molar-refractivity contribution in [2.45, 2.75) is 98.4 Å². The predicted octanol–water partition coefficient (Wildman–Crippen LogP) is 4.49. The smallest absolute Gasteiger partial charge is 0.408 e. The Balaban J connectivity index is 3.33. The van der Waals surface area contributed by atoms with E-state index in [0.717, 1.165) is 24.0 Å². The van der Waals surface area contributed by atoms with Gasteiger partial charge in [0.25, 0.3) is 0 Å². The molecule has 0 saturated carbocycles. The molecule has 0 bridgehead atoms. The summed E-state index contributed by atoms with van der Waals surface area (Å²) in [5.74, 6) is -0.581. The van der Waals surface area contributed by atoms with Crippen molar-refractivity contribution in [3.63, 3.8) is 0 Å². The molecule has 0 aliphatic rings. The third kappa shape index (κ3) is 8.89. The fourth-order valence-corrected chi connectivity index (χ4v) is 3.27. The number of hydrogen-bond donors (Lipinski definition) is 2. The molecule has 0 heterocycles. The molecule has 1 aromatic carbocycles. The maximum absolute atomic E-state index is 13.5. The monoisotopic (exact) mass is 447 g/mol. The Hall–Kier alpha value is -2.57. The summed E-state index contributed by atoms with van der Waals surface area (Å²) in [4.78, 5) is 40.8. The molecule has 0 radical (unpaired) electrons. The van der Waals surface area contributed by atoms with Gasteiger partial charge in [0.15, 0.2) is 0 Å². The Bertz CT molecular complexity index is 793. The molecule has 2 unspecified atom stereocenters. The van der Waals surface area contributed by atoms with Gasteiger partial charge in [0.1, 0.15) is 17.7 Å². The van der Waals surface area contributed by atoms with Crippen LogP contribution in [0.1, 0.15) is 85.4 Å². The number of nitrogens with one attached hydrogen (secondary N) is 2. The summed E-state index contributed by atoms with van der Waals surface area (Å²) < 4.78 is 5.30. The number of ether oxygens (including phenoxy) is 1. The SMILES string of the molecule is CCCCN(C(=O)C(C)NC(=O)OC(C)(C)C)C(C(=O)NC(C)(C)C)c1ccccc1C. The lowest BCUT2D eigenvalue weighted by molar-refractivity contribution is -0.142. The largest absolute Gasteiger partial charge is 0.444 e. The number of unbranched alkanes of at least 4 members (excludes halogenated alkanes) is 1. The van der Waals surface area contributed by atoms with Gasteiger partial charge in [-0.2, -0.15) is 0 Å². The highest BCUT2D eigenvalue weighted by Crippen LogP contribution is 2.26.